The number of alkyl halides is 2. The molecule has 0 radical (unpaired) electrons. The molecule has 0 bridgehead atoms. The van der Waals surface area contributed by atoms with E-state index in [1.165, 1.54) is 16.9 Å². The third kappa shape index (κ3) is 3.86. The van der Waals surface area contributed by atoms with E-state index in [1.54, 1.807) is 10.9 Å². The van der Waals surface area contributed by atoms with Crippen LogP contribution in [0.3, 0.4) is 0 Å². The van der Waals surface area contributed by atoms with Gasteiger partial charge in [-0.3, -0.25) is 9.48 Å². The van der Waals surface area contributed by atoms with Crippen LogP contribution in [0.5, 0.6) is 0 Å². The largest absolute Gasteiger partial charge is 0.319 e. The van der Waals surface area contributed by atoms with Crippen LogP contribution in [0.15, 0.2) is 24.7 Å². The SMILES string of the molecule is CCc1ccn2ncc(C(=O)Nc3cn([C@H]4CC[C@H](C)CC4)nc3C(F)F)c2n1. The molecular weight excluding hydrogens is 378 g/mol. The third-order valence-electron chi connectivity index (χ3n) is 5.61. The van der Waals surface area contributed by atoms with Gasteiger partial charge in [0.15, 0.2) is 11.3 Å². The lowest BCUT2D eigenvalue weighted by molar-refractivity contribution is 0.102. The van der Waals surface area contributed by atoms with E-state index in [4.69, 9.17) is 0 Å². The van der Waals surface area contributed by atoms with Crippen molar-refractivity contribution in [3.8, 4) is 0 Å². The van der Waals surface area contributed by atoms with Crippen molar-refractivity contribution in [3.63, 3.8) is 0 Å². The van der Waals surface area contributed by atoms with Gasteiger partial charge in [-0.05, 0) is 44.1 Å². The Morgan fingerprint density at radius 2 is 2.07 bits per heavy atom. The van der Waals surface area contributed by atoms with Crippen LogP contribution in [0.25, 0.3) is 5.65 Å². The fraction of sp³-hybridized carbons (Fsp3) is 0.500. The number of carbonyl (C=O) groups excluding carboxylic acids is 1. The quantitative estimate of drug-likeness (QED) is 0.685. The molecule has 9 heteroatoms. The number of amides is 1. The van der Waals surface area contributed by atoms with Crippen molar-refractivity contribution in [2.24, 2.45) is 5.92 Å². The average molecular weight is 402 g/mol. The molecule has 1 aliphatic rings. The van der Waals surface area contributed by atoms with Gasteiger partial charge >= 0.3 is 0 Å². The van der Waals surface area contributed by atoms with Crippen LogP contribution < -0.4 is 5.32 Å². The first kappa shape index (κ1) is 19.5. The highest BCUT2D eigenvalue weighted by atomic mass is 19.3. The summed E-state index contributed by atoms with van der Waals surface area (Å²) in [7, 11) is 0. The second-order valence-electron chi connectivity index (χ2n) is 7.68. The van der Waals surface area contributed by atoms with E-state index in [0.29, 0.717) is 18.0 Å². The van der Waals surface area contributed by atoms with Crippen LogP contribution in [0.4, 0.5) is 14.5 Å². The molecule has 29 heavy (non-hydrogen) atoms. The number of carbonyl (C=O) groups is 1. The van der Waals surface area contributed by atoms with Gasteiger partial charge in [-0.1, -0.05) is 13.8 Å². The zero-order valence-corrected chi connectivity index (χ0v) is 16.5. The minimum atomic E-state index is -2.78. The van der Waals surface area contributed by atoms with Crippen LogP contribution in [-0.2, 0) is 6.42 Å². The Balaban J connectivity index is 1.61. The number of nitrogens with one attached hydrogen (secondary N) is 1. The Hall–Kier alpha value is -2.84. The molecular formula is C20H24F2N6O. The molecule has 4 rings (SSSR count). The highest BCUT2D eigenvalue weighted by Gasteiger charge is 2.26. The second-order valence-corrected chi connectivity index (χ2v) is 7.68. The number of hydrogen-bond donors (Lipinski definition) is 1. The van der Waals surface area contributed by atoms with Gasteiger partial charge in [0.1, 0.15) is 5.56 Å². The van der Waals surface area contributed by atoms with Gasteiger partial charge in [-0.15, -0.1) is 0 Å². The Morgan fingerprint density at radius 3 is 2.76 bits per heavy atom. The molecule has 3 heterocycles. The molecule has 7 nitrogen and oxygen atoms in total. The predicted octanol–water partition coefficient (Wildman–Crippen LogP) is 4.43. The van der Waals surface area contributed by atoms with E-state index in [9.17, 15) is 13.6 Å². The van der Waals surface area contributed by atoms with Gasteiger partial charge in [-0.25, -0.2) is 18.3 Å². The van der Waals surface area contributed by atoms with E-state index < -0.39 is 18.0 Å². The summed E-state index contributed by atoms with van der Waals surface area (Å²) in [4.78, 5) is 17.2. The highest BCUT2D eigenvalue weighted by molar-refractivity contribution is 6.08. The molecule has 3 aromatic heterocycles. The second kappa shape index (κ2) is 7.88. The van der Waals surface area contributed by atoms with Crippen molar-refractivity contribution in [1.82, 2.24) is 24.4 Å². The summed E-state index contributed by atoms with van der Waals surface area (Å²) in [5.41, 5.74) is 1.08. The van der Waals surface area contributed by atoms with E-state index in [-0.39, 0.29) is 17.3 Å². The topological polar surface area (TPSA) is 77.1 Å². The number of halogens is 2. The molecule has 0 aromatic carbocycles. The third-order valence-corrected chi connectivity index (χ3v) is 5.61. The summed E-state index contributed by atoms with van der Waals surface area (Å²) < 4.78 is 30.2. The first-order chi connectivity index (χ1) is 14.0. The maximum atomic E-state index is 13.6. The van der Waals surface area contributed by atoms with Crippen LogP contribution in [0.1, 0.15) is 73.7 Å². The summed E-state index contributed by atoms with van der Waals surface area (Å²) >= 11 is 0. The summed E-state index contributed by atoms with van der Waals surface area (Å²) in [6.45, 7) is 4.16. The van der Waals surface area contributed by atoms with Crippen molar-refractivity contribution in [3.05, 3.63) is 41.6 Å². The molecule has 154 valence electrons. The smallest absolute Gasteiger partial charge is 0.284 e. The normalized spacial score (nSPS) is 19.8. The molecule has 1 amide bonds. The van der Waals surface area contributed by atoms with Crippen LogP contribution in [0.2, 0.25) is 0 Å². The average Bonchev–Trinajstić information content (AvgIpc) is 3.32. The predicted molar refractivity (Wildman–Crippen MR) is 104 cm³/mol. The van der Waals surface area contributed by atoms with Crippen LogP contribution in [-0.4, -0.2) is 30.3 Å². The zero-order valence-electron chi connectivity index (χ0n) is 16.5. The maximum Gasteiger partial charge on any atom is 0.284 e. The van der Waals surface area contributed by atoms with Gasteiger partial charge < -0.3 is 5.32 Å². The maximum absolute atomic E-state index is 13.6. The van der Waals surface area contributed by atoms with Crippen molar-refractivity contribution < 1.29 is 13.6 Å². The lowest BCUT2D eigenvalue weighted by Gasteiger charge is -2.26. The van der Waals surface area contributed by atoms with Crippen molar-refractivity contribution >= 4 is 17.2 Å². The number of hydrogen-bond acceptors (Lipinski definition) is 4. The van der Waals surface area contributed by atoms with Gasteiger partial charge in [0.05, 0.1) is 17.9 Å². The number of aryl methyl sites for hydroxylation is 1. The van der Waals surface area contributed by atoms with E-state index in [0.717, 1.165) is 31.4 Å². The molecule has 0 saturated heterocycles. The molecule has 3 aromatic rings. The van der Waals surface area contributed by atoms with E-state index in [2.05, 4.69) is 27.4 Å². The molecule has 1 fully saturated rings. The molecule has 1 aliphatic carbocycles. The monoisotopic (exact) mass is 402 g/mol. The van der Waals surface area contributed by atoms with Gasteiger partial charge in [0.2, 0.25) is 0 Å². The van der Waals surface area contributed by atoms with Crippen LogP contribution in [0, 0.1) is 5.92 Å². The fourth-order valence-corrected chi connectivity index (χ4v) is 3.81. The highest BCUT2D eigenvalue weighted by Crippen LogP contribution is 2.34. The zero-order chi connectivity index (χ0) is 20.5. The van der Waals surface area contributed by atoms with Crippen LogP contribution >= 0.6 is 0 Å². The summed E-state index contributed by atoms with van der Waals surface area (Å²) in [6, 6.07) is 1.91. The first-order valence-corrected chi connectivity index (χ1v) is 9.98. The van der Waals surface area contributed by atoms with Crippen molar-refractivity contribution in [2.75, 3.05) is 5.32 Å². The molecule has 0 spiro atoms. The minimum Gasteiger partial charge on any atom is -0.319 e. The van der Waals surface area contributed by atoms with Gasteiger partial charge in [0, 0.05) is 18.1 Å². The number of rotatable bonds is 5. The summed E-state index contributed by atoms with van der Waals surface area (Å²) in [6.07, 6.45) is 6.47. The minimum absolute atomic E-state index is 0.0367. The molecule has 0 unspecified atom stereocenters. The molecule has 1 saturated carbocycles. The number of fused-ring (bicyclic) bond motifs is 1. The van der Waals surface area contributed by atoms with Crippen molar-refractivity contribution in [1.29, 1.82) is 0 Å². The number of nitrogens with zero attached hydrogens (tertiary/aromatic N) is 5. The Morgan fingerprint density at radius 1 is 1.31 bits per heavy atom. The standard InChI is InChI=1S/C20H24F2N6O/c1-3-13-8-9-27-19(24-13)15(10-23-27)20(29)25-16-11-28(26-17(16)18(21)22)14-6-4-12(2)5-7-14/h8-12,14,18H,3-7H2,1-2H3,(H,25,29)/t12-,14-. The molecule has 1 N–H and O–H groups in total. The van der Waals surface area contributed by atoms with E-state index >= 15 is 0 Å². The number of aromatic nitrogens is 5. The molecule has 0 aliphatic heterocycles. The van der Waals surface area contributed by atoms with E-state index in [1.807, 2.05) is 13.0 Å². The Labute approximate surface area is 167 Å². The summed E-state index contributed by atoms with van der Waals surface area (Å²) in [5, 5.41) is 10.8. The lowest BCUT2D eigenvalue weighted by Crippen LogP contribution is -2.17. The van der Waals surface area contributed by atoms with Gasteiger partial charge in [-0.2, -0.15) is 10.2 Å². The van der Waals surface area contributed by atoms with Gasteiger partial charge in [0.25, 0.3) is 12.3 Å². The molecule has 0 atom stereocenters. The fourth-order valence-electron chi connectivity index (χ4n) is 3.81. The Kier molecular flexibility index (Phi) is 5.29. The lowest BCUT2D eigenvalue weighted by atomic mass is 9.87. The first-order valence-electron chi connectivity index (χ1n) is 9.98. The summed E-state index contributed by atoms with van der Waals surface area (Å²) in [5.74, 6) is 0.117. The van der Waals surface area contributed by atoms with Crippen molar-refractivity contribution in [2.45, 2.75) is 58.4 Å². The number of anilines is 1. The Bertz CT molecular complexity index is 1020.